The first-order valence-electron chi connectivity index (χ1n) is 14.6. The van der Waals surface area contributed by atoms with Crippen LogP contribution in [0.2, 0.25) is 0 Å². The number of para-hydroxylation sites is 2. The van der Waals surface area contributed by atoms with Crippen LogP contribution in [0.3, 0.4) is 0 Å². The number of amides is 4. The second-order valence-electron chi connectivity index (χ2n) is 12.7. The summed E-state index contributed by atoms with van der Waals surface area (Å²) < 4.78 is 11.1. The maximum Gasteiger partial charge on any atom is 0.250 e. The van der Waals surface area contributed by atoms with Gasteiger partial charge in [0.15, 0.2) is 0 Å². The number of anilines is 2. The Balaban J connectivity index is 1.23. The normalized spacial score (nSPS) is 40.2. The molecule has 8 heterocycles. The van der Waals surface area contributed by atoms with E-state index in [2.05, 4.69) is 22.8 Å². The summed E-state index contributed by atoms with van der Waals surface area (Å²) in [5.74, 6) is -0.481. The molecule has 8 aliphatic heterocycles. The van der Waals surface area contributed by atoms with Crippen molar-refractivity contribution in [2.45, 2.75) is 60.2 Å². The van der Waals surface area contributed by atoms with E-state index in [0.29, 0.717) is 12.8 Å². The number of rotatable bonds is 1. The van der Waals surface area contributed by atoms with Crippen molar-refractivity contribution in [3.05, 3.63) is 59.7 Å². The highest BCUT2D eigenvalue weighted by Crippen LogP contribution is 2.69. The van der Waals surface area contributed by atoms with Crippen molar-refractivity contribution in [1.29, 1.82) is 0 Å². The lowest BCUT2D eigenvalue weighted by Crippen LogP contribution is -2.66. The first-order valence-corrected chi connectivity index (χ1v) is 14.6. The molecule has 214 valence electrons. The number of nitrogens with one attached hydrogen (secondary N) is 2. The van der Waals surface area contributed by atoms with Crippen molar-refractivity contribution < 1.29 is 28.7 Å². The maximum atomic E-state index is 14.2. The van der Waals surface area contributed by atoms with E-state index in [-0.39, 0.29) is 50.3 Å². The van der Waals surface area contributed by atoms with Crippen LogP contribution < -0.4 is 10.6 Å². The molecule has 12 heteroatoms. The van der Waals surface area contributed by atoms with Crippen LogP contribution in [0, 0.1) is 0 Å². The molecule has 8 aliphatic rings. The van der Waals surface area contributed by atoms with E-state index < -0.39 is 47.3 Å². The van der Waals surface area contributed by atoms with Crippen LogP contribution in [0.5, 0.6) is 0 Å². The Bertz CT molecular complexity index is 1530. The number of hydrogen-bond acceptors (Lipinski definition) is 8. The maximum absolute atomic E-state index is 14.2. The van der Waals surface area contributed by atoms with E-state index in [4.69, 9.17) is 9.47 Å². The number of carbonyl (C=O) groups is 4. The molecule has 0 aliphatic carbocycles. The minimum absolute atomic E-state index is 0.109. The van der Waals surface area contributed by atoms with Crippen LogP contribution in [-0.2, 0) is 39.5 Å². The standard InChI is InChI=1S/C30H28N6O6/c37-23-19-9-29(15-5-1-3-7-17(15)31-27(29)35(19)25(39)21-11-41-13-33(21)23)30-10-20-24(38)34-14-42-12-22(34)26(40)36(20)28(30)32-18-8-4-2-6-16(18)30/h1-8,19-22,27-28,31-32H,9-14H2. The summed E-state index contributed by atoms with van der Waals surface area (Å²) in [5.41, 5.74) is 2.19. The lowest BCUT2D eigenvalue weighted by atomic mass is 9.54. The molecule has 42 heavy (non-hydrogen) atoms. The topological polar surface area (TPSA) is 124 Å². The van der Waals surface area contributed by atoms with E-state index in [1.807, 2.05) is 36.4 Å². The van der Waals surface area contributed by atoms with Crippen LogP contribution in [0.25, 0.3) is 0 Å². The number of fused-ring (bicyclic) bond motifs is 13. The van der Waals surface area contributed by atoms with E-state index >= 15 is 0 Å². The van der Waals surface area contributed by atoms with Gasteiger partial charge < -0.3 is 39.7 Å². The molecule has 2 aromatic rings. The fraction of sp³-hybridized carbons (Fsp3) is 0.467. The fourth-order valence-electron chi connectivity index (χ4n) is 9.82. The molecule has 4 amide bonds. The molecule has 0 radical (unpaired) electrons. The SMILES string of the molecule is O=C1C2CC3(C45CC6C(=O)N7COCC7C(=O)N6C4Nc4ccccc45)c4ccccc4NC3N2C(=O)C2COCN12. The molecular weight excluding hydrogens is 540 g/mol. The van der Waals surface area contributed by atoms with Gasteiger partial charge in [-0.3, -0.25) is 19.2 Å². The number of carbonyl (C=O) groups excluding carboxylic acids is 4. The molecule has 2 aromatic carbocycles. The molecule has 8 unspecified atom stereocenters. The van der Waals surface area contributed by atoms with Gasteiger partial charge >= 0.3 is 0 Å². The zero-order valence-corrected chi connectivity index (χ0v) is 22.6. The Morgan fingerprint density at radius 1 is 0.595 bits per heavy atom. The molecule has 2 N–H and O–H groups in total. The van der Waals surface area contributed by atoms with Crippen LogP contribution in [0.1, 0.15) is 24.0 Å². The van der Waals surface area contributed by atoms with Crippen LogP contribution in [0.15, 0.2) is 48.5 Å². The molecule has 6 saturated heterocycles. The van der Waals surface area contributed by atoms with Crippen molar-refractivity contribution in [3.63, 3.8) is 0 Å². The third kappa shape index (κ3) is 2.32. The zero-order chi connectivity index (χ0) is 28.1. The van der Waals surface area contributed by atoms with Gasteiger partial charge in [0.25, 0.3) is 0 Å². The van der Waals surface area contributed by atoms with Crippen LogP contribution >= 0.6 is 0 Å². The molecule has 0 saturated carbocycles. The van der Waals surface area contributed by atoms with E-state index in [1.165, 1.54) is 0 Å². The Labute approximate surface area is 240 Å². The average molecular weight is 569 g/mol. The highest BCUT2D eigenvalue weighted by atomic mass is 16.5. The number of ether oxygens (including phenoxy) is 2. The molecule has 6 fully saturated rings. The van der Waals surface area contributed by atoms with Gasteiger partial charge in [-0.2, -0.15) is 0 Å². The van der Waals surface area contributed by atoms with Gasteiger partial charge in [-0.1, -0.05) is 36.4 Å². The van der Waals surface area contributed by atoms with Crippen LogP contribution in [-0.4, -0.2) is 106 Å². The summed E-state index contributed by atoms with van der Waals surface area (Å²) in [5, 5.41) is 7.35. The minimum Gasteiger partial charge on any atom is -0.364 e. The fourth-order valence-corrected chi connectivity index (χ4v) is 9.82. The highest BCUT2D eigenvalue weighted by molar-refractivity contribution is 6.01. The van der Waals surface area contributed by atoms with E-state index in [9.17, 15) is 19.2 Å². The van der Waals surface area contributed by atoms with Gasteiger partial charge in [-0.15, -0.1) is 0 Å². The summed E-state index contributed by atoms with van der Waals surface area (Å²) in [7, 11) is 0. The van der Waals surface area contributed by atoms with Crippen molar-refractivity contribution in [3.8, 4) is 0 Å². The summed E-state index contributed by atoms with van der Waals surface area (Å²) in [4.78, 5) is 63.0. The van der Waals surface area contributed by atoms with Gasteiger partial charge in [0.05, 0.1) is 24.0 Å². The summed E-state index contributed by atoms with van der Waals surface area (Å²) in [6.07, 6.45) is -0.379. The molecule has 12 nitrogen and oxygen atoms in total. The quantitative estimate of drug-likeness (QED) is 0.492. The summed E-state index contributed by atoms with van der Waals surface area (Å²) >= 11 is 0. The zero-order valence-electron chi connectivity index (χ0n) is 22.6. The Morgan fingerprint density at radius 2 is 1.02 bits per heavy atom. The van der Waals surface area contributed by atoms with Crippen molar-refractivity contribution >= 4 is 35.0 Å². The third-order valence-electron chi connectivity index (χ3n) is 11.4. The summed E-state index contributed by atoms with van der Waals surface area (Å²) in [6.45, 7) is 0.572. The first-order chi connectivity index (χ1) is 20.5. The van der Waals surface area contributed by atoms with Crippen molar-refractivity contribution in [1.82, 2.24) is 19.6 Å². The van der Waals surface area contributed by atoms with Crippen molar-refractivity contribution in [2.24, 2.45) is 0 Å². The number of piperazine rings is 2. The van der Waals surface area contributed by atoms with E-state index in [1.54, 1.807) is 19.6 Å². The van der Waals surface area contributed by atoms with Gasteiger partial charge in [-0.25, -0.2) is 0 Å². The third-order valence-corrected chi connectivity index (χ3v) is 11.4. The van der Waals surface area contributed by atoms with E-state index in [0.717, 1.165) is 22.5 Å². The lowest BCUT2D eigenvalue weighted by molar-refractivity contribution is -0.158. The predicted molar refractivity (Wildman–Crippen MR) is 144 cm³/mol. The summed E-state index contributed by atoms with van der Waals surface area (Å²) in [6, 6.07) is 13.4. The van der Waals surface area contributed by atoms with Gasteiger partial charge in [0.2, 0.25) is 23.6 Å². The average Bonchev–Trinajstić information content (AvgIpc) is 3.82. The largest absolute Gasteiger partial charge is 0.364 e. The second-order valence-corrected chi connectivity index (χ2v) is 12.7. The number of nitrogens with zero attached hydrogens (tertiary/aromatic N) is 4. The molecule has 10 rings (SSSR count). The van der Waals surface area contributed by atoms with Gasteiger partial charge in [-0.05, 0) is 36.1 Å². The van der Waals surface area contributed by atoms with Gasteiger partial charge in [0, 0.05) is 11.4 Å². The molecule has 0 aromatic heterocycles. The lowest BCUT2D eigenvalue weighted by Gasteiger charge is -2.48. The number of benzene rings is 2. The highest BCUT2D eigenvalue weighted by Gasteiger charge is 2.79. The van der Waals surface area contributed by atoms with Crippen molar-refractivity contribution in [2.75, 3.05) is 37.3 Å². The molecule has 0 bridgehead atoms. The molecular formula is C30H28N6O6. The molecule has 8 atom stereocenters. The Kier molecular flexibility index (Phi) is 4.14. The van der Waals surface area contributed by atoms with Crippen LogP contribution in [0.4, 0.5) is 11.4 Å². The minimum atomic E-state index is -0.816. The molecule has 0 spiro atoms. The predicted octanol–water partition coefficient (Wildman–Crippen LogP) is -0.0356. The Morgan fingerprint density at radius 3 is 1.48 bits per heavy atom. The smallest absolute Gasteiger partial charge is 0.250 e. The van der Waals surface area contributed by atoms with Gasteiger partial charge in [0.1, 0.15) is 50.0 Å². The monoisotopic (exact) mass is 568 g/mol. The Hall–Kier alpha value is -4.16. The second kappa shape index (κ2) is 7.42. The number of hydrogen-bond donors (Lipinski definition) is 2. The first kappa shape index (κ1) is 23.4.